The van der Waals surface area contributed by atoms with Gasteiger partial charge in [0.05, 0.1) is 12.8 Å². The minimum atomic E-state index is -4.10. The molecule has 0 radical (unpaired) electrons. The number of hydrogen-bond acceptors (Lipinski definition) is 3. The molecule has 2 heterocycles. The van der Waals surface area contributed by atoms with Gasteiger partial charge >= 0.3 is 6.18 Å². The molecule has 0 spiro atoms. The Kier molecular flexibility index (Phi) is 11.1. The number of likely N-dealkylation sites (tertiary alicyclic amines) is 1. The van der Waals surface area contributed by atoms with Gasteiger partial charge in [-0.3, -0.25) is 9.89 Å². The molecule has 1 fully saturated rings. The Labute approximate surface area is 176 Å². The Morgan fingerprint density at radius 2 is 2.04 bits per heavy atom. The summed E-state index contributed by atoms with van der Waals surface area (Å²) in [7, 11) is 0. The highest BCUT2D eigenvalue weighted by Crippen LogP contribution is 2.24. The Morgan fingerprint density at radius 3 is 2.63 bits per heavy atom. The van der Waals surface area contributed by atoms with Crippen LogP contribution in [0.4, 0.5) is 13.2 Å². The third kappa shape index (κ3) is 10.2. The predicted molar refractivity (Wildman–Crippen MR) is 112 cm³/mol. The highest BCUT2D eigenvalue weighted by Gasteiger charge is 2.32. The highest BCUT2D eigenvalue weighted by molar-refractivity contribution is 14.0. The van der Waals surface area contributed by atoms with Crippen molar-refractivity contribution in [3.05, 3.63) is 24.2 Å². The van der Waals surface area contributed by atoms with Gasteiger partial charge in [0, 0.05) is 26.1 Å². The SMILES string of the molecule is CCNC(=NCCC1CCN(CC(F)(F)F)CC1)NCCc1ccco1.I. The number of guanidine groups is 1. The number of aliphatic imine (C=N–C) groups is 1. The smallest absolute Gasteiger partial charge is 0.401 e. The Balaban J connectivity index is 0.00000364. The molecule has 1 aliphatic rings. The van der Waals surface area contributed by atoms with Crippen molar-refractivity contribution in [3.8, 4) is 0 Å². The number of nitrogens with one attached hydrogen (secondary N) is 2. The number of rotatable bonds is 8. The molecule has 9 heteroatoms. The van der Waals surface area contributed by atoms with Gasteiger partial charge in [-0.15, -0.1) is 24.0 Å². The molecule has 0 atom stereocenters. The lowest BCUT2D eigenvalue weighted by Gasteiger charge is -2.32. The van der Waals surface area contributed by atoms with E-state index in [1.54, 1.807) is 6.26 Å². The van der Waals surface area contributed by atoms with E-state index in [9.17, 15) is 13.2 Å². The van der Waals surface area contributed by atoms with Gasteiger partial charge in [-0.25, -0.2) is 0 Å². The lowest BCUT2D eigenvalue weighted by Crippen LogP contribution is -2.40. The zero-order valence-electron chi connectivity index (χ0n) is 15.7. The summed E-state index contributed by atoms with van der Waals surface area (Å²) < 4.78 is 42.5. The van der Waals surface area contributed by atoms with Crippen LogP contribution < -0.4 is 10.6 Å². The van der Waals surface area contributed by atoms with Crippen LogP contribution in [0.1, 0.15) is 31.9 Å². The van der Waals surface area contributed by atoms with Crippen molar-refractivity contribution >= 4 is 29.9 Å². The number of piperidine rings is 1. The maximum absolute atomic E-state index is 12.4. The van der Waals surface area contributed by atoms with Crippen LogP contribution >= 0.6 is 24.0 Å². The monoisotopic (exact) mass is 502 g/mol. The van der Waals surface area contributed by atoms with Gasteiger partial charge in [-0.1, -0.05) is 0 Å². The van der Waals surface area contributed by atoms with Gasteiger partial charge in [0.2, 0.25) is 0 Å². The average Bonchev–Trinajstić information content (AvgIpc) is 3.08. The van der Waals surface area contributed by atoms with Crippen LogP contribution in [0.3, 0.4) is 0 Å². The fourth-order valence-electron chi connectivity index (χ4n) is 3.15. The quantitative estimate of drug-likeness (QED) is 0.324. The van der Waals surface area contributed by atoms with E-state index in [0.29, 0.717) is 25.6 Å². The van der Waals surface area contributed by atoms with E-state index in [0.717, 1.165) is 50.5 Å². The van der Waals surface area contributed by atoms with E-state index in [1.807, 2.05) is 19.1 Å². The lowest BCUT2D eigenvalue weighted by atomic mass is 9.93. The zero-order valence-corrected chi connectivity index (χ0v) is 18.1. The first-order valence-corrected chi connectivity index (χ1v) is 9.30. The highest BCUT2D eigenvalue weighted by atomic mass is 127. The Bertz CT molecular complexity index is 529. The van der Waals surface area contributed by atoms with Crippen LogP contribution in [0.5, 0.6) is 0 Å². The van der Waals surface area contributed by atoms with Crippen LogP contribution in [0, 0.1) is 5.92 Å². The fraction of sp³-hybridized carbons (Fsp3) is 0.722. The van der Waals surface area contributed by atoms with Crippen molar-refractivity contribution in [1.82, 2.24) is 15.5 Å². The summed E-state index contributed by atoms with van der Waals surface area (Å²) in [4.78, 5) is 6.08. The third-order valence-corrected chi connectivity index (χ3v) is 4.51. The van der Waals surface area contributed by atoms with E-state index >= 15 is 0 Å². The van der Waals surface area contributed by atoms with E-state index in [2.05, 4.69) is 15.6 Å². The molecule has 2 rings (SSSR count). The molecule has 1 aromatic rings. The molecule has 0 amide bonds. The molecule has 2 N–H and O–H groups in total. The minimum absolute atomic E-state index is 0. The largest absolute Gasteiger partial charge is 0.469 e. The molecule has 5 nitrogen and oxygen atoms in total. The second kappa shape index (κ2) is 12.5. The van der Waals surface area contributed by atoms with E-state index in [-0.39, 0.29) is 24.0 Å². The minimum Gasteiger partial charge on any atom is -0.469 e. The van der Waals surface area contributed by atoms with Crippen LogP contribution in [0.15, 0.2) is 27.8 Å². The average molecular weight is 502 g/mol. The van der Waals surface area contributed by atoms with Crippen LogP contribution in [-0.4, -0.2) is 56.3 Å². The summed E-state index contributed by atoms with van der Waals surface area (Å²) >= 11 is 0. The van der Waals surface area contributed by atoms with Crippen molar-refractivity contribution in [3.63, 3.8) is 0 Å². The molecule has 0 saturated carbocycles. The topological polar surface area (TPSA) is 52.8 Å². The molecular formula is C18H30F3IN4O. The second-order valence-corrected chi connectivity index (χ2v) is 6.64. The van der Waals surface area contributed by atoms with Crippen molar-refractivity contribution in [2.75, 3.05) is 39.3 Å². The maximum atomic E-state index is 12.4. The van der Waals surface area contributed by atoms with Crippen molar-refractivity contribution in [1.29, 1.82) is 0 Å². The van der Waals surface area contributed by atoms with Gasteiger partial charge in [0.25, 0.3) is 0 Å². The van der Waals surface area contributed by atoms with Gasteiger partial charge in [0.1, 0.15) is 5.76 Å². The molecule has 0 bridgehead atoms. The molecule has 27 heavy (non-hydrogen) atoms. The van der Waals surface area contributed by atoms with E-state index in [4.69, 9.17) is 4.42 Å². The number of nitrogens with zero attached hydrogens (tertiary/aromatic N) is 2. The summed E-state index contributed by atoms with van der Waals surface area (Å²) in [5.41, 5.74) is 0. The molecule has 1 aromatic heterocycles. The van der Waals surface area contributed by atoms with Crippen LogP contribution in [0.2, 0.25) is 0 Å². The first kappa shape index (κ1) is 24.1. The van der Waals surface area contributed by atoms with Crippen molar-refractivity contribution in [2.45, 2.75) is 38.8 Å². The number of furan rings is 1. The first-order chi connectivity index (χ1) is 12.5. The van der Waals surface area contributed by atoms with Gasteiger partial charge in [-0.05, 0) is 57.3 Å². The number of alkyl halides is 3. The maximum Gasteiger partial charge on any atom is 0.401 e. The van der Waals surface area contributed by atoms with E-state index in [1.165, 1.54) is 4.90 Å². The van der Waals surface area contributed by atoms with Crippen molar-refractivity contribution in [2.24, 2.45) is 10.9 Å². The van der Waals surface area contributed by atoms with Gasteiger partial charge in [0.15, 0.2) is 5.96 Å². The molecule has 1 saturated heterocycles. The number of halogens is 4. The normalized spacial score (nSPS) is 16.8. The second-order valence-electron chi connectivity index (χ2n) is 6.64. The van der Waals surface area contributed by atoms with Crippen molar-refractivity contribution < 1.29 is 17.6 Å². The summed E-state index contributed by atoms with van der Waals surface area (Å²) in [5.74, 6) is 2.15. The molecule has 0 aromatic carbocycles. The summed E-state index contributed by atoms with van der Waals surface area (Å²) in [6.45, 7) is 4.46. The predicted octanol–water partition coefficient (Wildman–Crippen LogP) is 3.66. The van der Waals surface area contributed by atoms with Gasteiger partial charge < -0.3 is 15.1 Å². The number of hydrogen-bond donors (Lipinski definition) is 2. The lowest BCUT2D eigenvalue weighted by molar-refractivity contribution is -0.148. The van der Waals surface area contributed by atoms with Crippen LogP contribution in [0.25, 0.3) is 0 Å². The molecule has 156 valence electrons. The fourth-order valence-corrected chi connectivity index (χ4v) is 3.15. The summed E-state index contributed by atoms with van der Waals surface area (Å²) in [5, 5.41) is 6.48. The Morgan fingerprint density at radius 1 is 1.30 bits per heavy atom. The zero-order chi connectivity index (χ0) is 18.8. The third-order valence-electron chi connectivity index (χ3n) is 4.51. The van der Waals surface area contributed by atoms with E-state index < -0.39 is 12.7 Å². The molecule has 1 aliphatic heterocycles. The Hall–Kier alpha value is -0.970. The first-order valence-electron chi connectivity index (χ1n) is 9.30. The summed E-state index contributed by atoms with van der Waals surface area (Å²) in [6.07, 6.45) is 0.889. The standard InChI is InChI=1S/C18H29F3N4O.HI/c1-2-22-17(24-10-6-16-4-3-13-26-16)23-9-5-15-7-11-25(12-8-15)14-18(19,20)21;/h3-4,13,15H,2,5-12,14H2,1H3,(H2,22,23,24);1H. The summed E-state index contributed by atoms with van der Waals surface area (Å²) in [6, 6.07) is 3.81. The molecule has 0 unspecified atom stereocenters. The van der Waals surface area contributed by atoms with Gasteiger partial charge in [-0.2, -0.15) is 13.2 Å². The molecule has 0 aliphatic carbocycles. The molecular weight excluding hydrogens is 472 g/mol. The van der Waals surface area contributed by atoms with Crippen LogP contribution in [-0.2, 0) is 6.42 Å².